The van der Waals surface area contributed by atoms with Crippen LogP contribution in [-0.2, 0) is 0 Å². The van der Waals surface area contributed by atoms with E-state index in [1.54, 1.807) is 6.07 Å². The van der Waals surface area contributed by atoms with Crippen molar-refractivity contribution < 1.29 is 4.79 Å². The molecular formula is C7H5BrClNO. The van der Waals surface area contributed by atoms with Crippen molar-refractivity contribution in [3.05, 3.63) is 26.9 Å². The summed E-state index contributed by atoms with van der Waals surface area (Å²) in [6.45, 7) is 1.86. The molecule has 1 rings (SSSR count). The number of hydrogen-bond acceptors (Lipinski definition) is 2. The molecule has 1 heterocycles. The fraction of sp³-hybridized carbons (Fsp3) is 0.143. The van der Waals surface area contributed by atoms with E-state index < -0.39 is 0 Å². The summed E-state index contributed by atoms with van der Waals surface area (Å²) >= 11 is 8.88. The smallest absolute Gasteiger partial charge is 0.170 e. The number of pyridine rings is 1. The highest BCUT2D eigenvalue weighted by Crippen LogP contribution is 2.19. The van der Waals surface area contributed by atoms with Crippen molar-refractivity contribution in [1.82, 2.24) is 4.98 Å². The third-order valence-electron chi connectivity index (χ3n) is 1.24. The zero-order valence-electron chi connectivity index (χ0n) is 5.77. The predicted molar refractivity (Wildman–Crippen MR) is 47.1 cm³/mol. The summed E-state index contributed by atoms with van der Waals surface area (Å²) in [5.41, 5.74) is 1.18. The van der Waals surface area contributed by atoms with Gasteiger partial charge in [0.05, 0.1) is 5.02 Å². The molecule has 1 aromatic heterocycles. The summed E-state index contributed by atoms with van der Waals surface area (Å²) in [5.74, 6) is 0. The molecule has 0 spiro atoms. The average molecular weight is 234 g/mol. The van der Waals surface area contributed by atoms with E-state index in [1.165, 1.54) is 0 Å². The highest BCUT2D eigenvalue weighted by Gasteiger charge is 2.03. The first-order chi connectivity index (χ1) is 5.15. The van der Waals surface area contributed by atoms with Crippen LogP contribution in [0.15, 0.2) is 10.7 Å². The van der Waals surface area contributed by atoms with Gasteiger partial charge in [-0.2, -0.15) is 0 Å². The van der Waals surface area contributed by atoms with Crippen LogP contribution in [0.2, 0.25) is 5.02 Å². The molecule has 2 nitrogen and oxygen atoms in total. The van der Waals surface area contributed by atoms with Crippen LogP contribution in [0.4, 0.5) is 0 Å². The van der Waals surface area contributed by atoms with Crippen LogP contribution in [0.1, 0.15) is 16.1 Å². The van der Waals surface area contributed by atoms with Crippen LogP contribution < -0.4 is 0 Å². The van der Waals surface area contributed by atoms with Crippen LogP contribution in [0.25, 0.3) is 0 Å². The second-order valence-corrected chi connectivity index (χ2v) is 3.24. The van der Waals surface area contributed by atoms with Crippen molar-refractivity contribution >= 4 is 33.8 Å². The highest BCUT2D eigenvalue weighted by molar-refractivity contribution is 9.10. The number of aldehydes is 1. The second-order valence-electron chi connectivity index (χ2n) is 2.08. The molecular weight excluding hydrogens is 229 g/mol. The van der Waals surface area contributed by atoms with Gasteiger partial charge >= 0.3 is 0 Å². The highest BCUT2D eigenvalue weighted by atomic mass is 79.9. The lowest BCUT2D eigenvalue weighted by Gasteiger charge is -1.99. The Hall–Kier alpha value is -0.410. The summed E-state index contributed by atoms with van der Waals surface area (Å²) in [6.07, 6.45) is 0.631. The van der Waals surface area contributed by atoms with E-state index in [9.17, 15) is 4.79 Å². The average Bonchev–Trinajstić information content (AvgIpc) is 1.97. The molecule has 4 heteroatoms. The first-order valence-corrected chi connectivity index (χ1v) is 4.10. The lowest BCUT2D eigenvalue weighted by molar-refractivity contribution is 0.111. The van der Waals surface area contributed by atoms with Crippen molar-refractivity contribution in [2.75, 3.05) is 0 Å². The van der Waals surface area contributed by atoms with Crippen molar-refractivity contribution in [2.45, 2.75) is 6.92 Å². The van der Waals surface area contributed by atoms with Gasteiger partial charge in [-0.25, -0.2) is 4.98 Å². The van der Waals surface area contributed by atoms with Gasteiger partial charge in [0.2, 0.25) is 0 Å². The van der Waals surface area contributed by atoms with Crippen LogP contribution in [0.3, 0.4) is 0 Å². The molecule has 58 valence electrons. The summed E-state index contributed by atoms with van der Waals surface area (Å²) in [6, 6.07) is 1.70. The monoisotopic (exact) mass is 233 g/mol. The molecule has 0 fully saturated rings. The summed E-state index contributed by atoms with van der Waals surface area (Å²) in [4.78, 5) is 14.2. The van der Waals surface area contributed by atoms with Gasteiger partial charge in [0.15, 0.2) is 6.29 Å². The molecule has 0 atom stereocenters. The fourth-order valence-corrected chi connectivity index (χ4v) is 1.21. The molecule has 0 saturated carbocycles. The van der Waals surface area contributed by atoms with Crippen LogP contribution in [0.5, 0.6) is 0 Å². The van der Waals surface area contributed by atoms with Crippen LogP contribution in [0, 0.1) is 6.92 Å². The van der Waals surface area contributed by atoms with Gasteiger partial charge in [-0.05, 0) is 34.5 Å². The topological polar surface area (TPSA) is 30.0 Å². The summed E-state index contributed by atoms with van der Waals surface area (Å²) < 4.78 is 0.656. The van der Waals surface area contributed by atoms with Crippen molar-refractivity contribution in [3.63, 3.8) is 0 Å². The van der Waals surface area contributed by atoms with E-state index >= 15 is 0 Å². The number of aryl methyl sites for hydroxylation is 1. The first kappa shape index (κ1) is 8.68. The number of halogens is 2. The molecule has 0 radical (unpaired) electrons. The molecule has 0 N–H and O–H groups in total. The number of rotatable bonds is 1. The third kappa shape index (κ3) is 1.79. The van der Waals surface area contributed by atoms with Crippen molar-refractivity contribution in [2.24, 2.45) is 0 Å². The summed E-state index contributed by atoms with van der Waals surface area (Å²) in [5, 5.41) is 0.390. The lowest BCUT2D eigenvalue weighted by atomic mass is 10.3. The molecule has 0 unspecified atom stereocenters. The Kier molecular flexibility index (Phi) is 2.62. The molecule has 1 aromatic rings. The van der Waals surface area contributed by atoms with Gasteiger partial charge in [-0.15, -0.1) is 0 Å². The Balaban J connectivity index is 3.31. The number of carbonyl (C=O) groups is 1. The lowest BCUT2D eigenvalue weighted by Crippen LogP contribution is -1.91. The summed E-state index contributed by atoms with van der Waals surface area (Å²) in [7, 11) is 0. The van der Waals surface area contributed by atoms with E-state index in [4.69, 9.17) is 11.6 Å². The Morgan fingerprint density at radius 2 is 2.36 bits per heavy atom. The molecule has 0 amide bonds. The van der Waals surface area contributed by atoms with Crippen molar-refractivity contribution in [1.29, 1.82) is 0 Å². The van der Waals surface area contributed by atoms with Gasteiger partial charge in [-0.3, -0.25) is 4.79 Å². The maximum absolute atomic E-state index is 10.3. The Morgan fingerprint density at radius 3 is 2.91 bits per heavy atom. The number of hydrogen-bond donors (Lipinski definition) is 0. The van der Waals surface area contributed by atoms with Gasteiger partial charge in [0.25, 0.3) is 0 Å². The molecule has 11 heavy (non-hydrogen) atoms. The predicted octanol–water partition coefficient (Wildman–Crippen LogP) is 2.62. The van der Waals surface area contributed by atoms with E-state index in [2.05, 4.69) is 20.9 Å². The minimum absolute atomic E-state index is 0.268. The van der Waals surface area contributed by atoms with Gasteiger partial charge in [0, 0.05) is 0 Å². The molecule has 0 saturated heterocycles. The van der Waals surface area contributed by atoms with Gasteiger partial charge in [0.1, 0.15) is 10.3 Å². The number of nitrogens with zero attached hydrogens (tertiary/aromatic N) is 1. The Bertz CT molecular complexity index is 301. The maximum Gasteiger partial charge on any atom is 0.170 e. The quantitative estimate of drug-likeness (QED) is 0.552. The molecule has 0 aliphatic heterocycles. The van der Waals surface area contributed by atoms with E-state index in [0.29, 0.717) is 15.9 Å². The number of carbonyl (C=O) groups excluding carboxylic acids is 1. The SMILES string of the molecule is Cc1cc(Cl)c(C=O)nc1Br. The normalized spacial score (nSPS) is 9.73. The molecule has 0 aliphatic carbocycles. The Morgan fingerprint density at radius 1 is 1.73 bits per heavy atom. The third-order valence-corrected chi connectivity index (χ3v) is 2.35. The zero-order valence-corrected chi connectivity index (χ0v) is 8.11. The van der Waals surface area contributed by atoms with E-state index in [0.717, 1.165) is 5.56 Å². The van der Waals surface area contributed by atoms with Crippen LogP contribution in [-0.4, -0.2) is 11.3 Å². The largest absolute Gasteiger partial charge is 0.296 e. The zero-order chi connectivity index (χ0) is 8.43. The minimum Gasteiger partial charge on any atom is -0.296 e. The van der Waals surface area contributed by atoms with Crippen LogP contribution >= 0.6 is 27.5 Å². The van der Waals surface area contributed by atoms with Gasteiger partial charge < -0.3 is 0 Å². The first-order valence-electron chi connectivity index (χ1n) is 2.93. The van der Waals surface area contributed by atoms with Crippen molar-refractivity contribution in [3.8, 4) is 0 Å². The van der Waals surface area contributed by atoms with Gasteiger partial charge in [-0.1, -0.05) is 11.6 Å². The van der Waals surface area contributed by atoms with E-state index in [1.807, 2.05) is 6.92 Å². The number of aromatic nitrogens is 1. The molecule has 0 aliphatic rings. The second kappa shape index (κ2) is 3.32. The maximum atomic E-state index is 10.3. The standard InChI is InChI=1S/C7H5BrClNO/c1-4-2-5(9)6(3-11)10-7(4)8/h2-3H,1H3. The Labute approximate surface area is 77.7 Å². The fourth-order valence-electron chi connectivity index (χ4n) is 0.654. The van der Waals surface area contributed by atoms with E-state index in [-0.39, 0.29) is 5.69 Å². The molecule has 0 bridgehead atoms. The molecule has 0 aromatic carbocycles. The minimum atomic E-state index is 0.268.